The molecule has 0 radical (unpaired) electrons. The molecule has 1 aromatic carbocycles. The number of amides is 1. The van der Waals surface area contributed by atoms with Gasteiger partial charge in [-0.3, -0.25) is 19.6 Å². The molecule has 0 fully saturated rings. The van der Waals surface area contributed by atoms with E-state index in [1.165, 1.54) is 21.7 Å². The van der Waals surface area contributed by atoms with E-state index < -0.39 is 4.92 Å². The highest BCUT2D eigenvalue weighted by molar-refractivity contribution is 9.10. The smallest absolute Gasteiger partial charge is 0.311 e. The predicted molar refractivity (Wildman–Crippen MR) is 107 cm³/mol. The average Bonchev–Trinajstić information content (AvgIpc) is 3.32. The van der Waals surface area contributed by atoms with Gasteiger partial charge in [0.05, 0.1) is 21.6 Å². The maximum absolute atomic E-state index is 12.6. The second-order valence-electron chi connectivity index (χ2n) is 6.18. The fourth-order valence-electron chi connectivity index (χ4n) is 2.61. The number of para-hydroxylation sites is 2. The van der Waals surface area contributed by atoms with Gasteiger partial charge in [0, 0.05) is 32.1 Å². The summed E-state index contributed by atoms with van der Waals surface area (Å²) in [5.41, 5.74) is 0.861. The zero-order chi connectivity index (χ0) is 21.0. The first-order chi connectivity index (χ1) is 13.9. The van der Waals surface area contributed by atoms with Gasteiger partial charge < -0.3 is 9.64 Å². The zero-order valence-electron chi connectivity index (χ0n) is 15.9. The Morgan fingerprint density at radius 2 is 2.03 bits per heavy atom. The number of hydrogen-bond donors (Lipinski definition) is 0. The first-order valence-corrected chi connectivity index (χ1v) is 9.55. The van der Waals surface area contributed by atoms with Crippen LogP contribution in [0.1, 0.15) is 23.1 Å². The monoisotopic (exact) mass is 462 g/mol. The van der Waals surface area contributed by atoms with Crippen molar-refractivity contribution in [2.45, 2.75) is 26.7 Å². The minimum absolute atomic E-state index is 0.0612. The van der Waals surface area contributed by atoms with Crippen LogP contribution in [-0.4, -0.2) is 42.3 Å². The first-order valence-electron chi connectivity index (χ1n) is 8.76. The van der Waals surface area contributed by atoms with E-state index in [1.807, 2.05) is 13.1 Å². The normalized spacial score (nSPS) is 10.7. The van der Waals surface area contributed by atoms with Gasteiger partial charge in [0.15, 0.2) is 18.2 Å². The third-order valence-corrected chi connectivity index (χ3v) is 4.78. The van der Waals surface area contributed by atoms with Crippen LogP contribution in [0, 0.1) is 10.1 Å². The van der Waals surface area contributed by atoms with Gasteiger partial charge in [0.25, 0.3) is 5.91 Å². The number of carbonyl (C=O) groups excluding carboxylic acids is 1. The number of nitro groups is 1. The number of benzene rings is 1. The number of aryl methyl sites for hydroxylation is 1. The van der Waals surface area contributed by atoms with Crippen molar-refractivity contribution in [2.75, 3.05) is 7.05 Å². The highest BCUT2D eigenvalue weighted by Gasteiger charge is 2.18. The molecular formula is C18H19BrN6O4. The van der Waals surface area contributed by atoms with Gasteiger partial charge in [-0.15, -0.1) is 0 Å². The van der Waals surface area contributed by atoms with Crippen molar-refractivity contribution in [1.29, 1.82) is 0 Å². The molecule has 0 atom stereocenters. The van der Waals surface area contributed by atoms with Crippen molar-refractivity contribution in [3.05, 3.63) is 68.7 Å². The summed E-state index contributed by atoms with van der Waals surface area (Å²) in [4.78, 5) is 24.7. The lowest BCUT2D eigenvalue weighted by Crippen LogP contribution is -2.27. The molecule has 0 aliphatic rings. The van der Waals surface area contributed by atoms with Crippen molar-refractivity contribution >= 4 is 27.5 Å². The van der Waals surface area contributed by atoms with Crippen molar-refractivity contribution in [2.24, 2.45) is 0 Å². The second kappa shape index (κ2) is 8.86. The van der Waals surface area contributed by atoms with Crippen molar-refractivity contribution < 1.29 is 14.5 Å². The Kier molecular flexibility index (Phi) is 6.27. The molecule has 2 aromatic heterocycles. The minimum atomic E-state index is -0.514. The van der Waals surface area contributed by atoms with Crippen LogP contribution in [0.3, 0.4) is 0 Å². The van der Waals surface area contributed by atoms with Crippen LogP contribution in [0.15, 0.2) is 47.2 Å². The highest BCUT2D eigenvalue weighted by Crippen LogP contribution is 2.26. The number of aromatic nitrogens is 4. The maximum atomic E-state index is 12.6. The van der Waals surface area contributed by atoms with Crippen LogP contribution >= 0.6 is 15.9 Å². The molecule has 2 heterocycles. The molecule has 3 rings (SSSR count). The Morgan fingerprint density at radius 1 is 1.28 bits per heavy atom. The minimum Gasteiger partial charge on any atom is -0.464 e. The van der Waals surface area contributed by atoms with Gasteiger partial charge in [-0.2, -0.15) is 10.2 Å². The van der Waals surface area contributed by atoms with Crippen LogP contribution in [0.5, 0.6) is 5.75 Å². The molecule has 10 nitrogen and oxygen atoms in total. The molecule has 11 heteroatoms. The molecule has 0 aliphatic heterocycles. The lowest BCUT2D eigenvalue weighted by Gasteiger charge is -2.14. The van der Waals surface area contributed by atoms with E-state index in [9.17, 15) is 14.9 Å². The van der Waals surface area contributed by atoms with E-state index in [-0.39, 0.29) is 29.8 Å². The summed E-state index contributed by atoms with van der Waals surface area (Å²) in [5.74, 6) is -0.137. The molecule has 0 saturated carbocycles. The number of hydrogen-bond acceptors (Lipinski definition) is 6. The van der Waals surface area contributed by atoms with E-state index in [0.717, 1.165) is 16.7 Å². The fourth-order valence-corrected chi connectivity index (χ4v) is 3.05. The largest absolute Gasteiger partial charge is 0.464 e. The van der Waals surface area contributed by atoms with Gasteiger partial charge >= 0.3 is 5.69 Å². The third kappa shape index (κ3) is 4.80. The van der Waals surface area contributed by atoms with E-state index in [4.69, 9.17) is 4.74 Å². The maximum Gasteiger partial charge on any atom is 0.311 e. The zero-order valence-corrected chi connectivity index (χ0v) is 17.4. The van der Waals surface area contributed by atoms with E-state index in [0.29, 0.717) is 6.54 Å². The van der Waals surface area contributed by atoms with Gasteiger partial charge in [0.1, 0.15) is 0 Å². The SMILES string of the molecule is CCn1cc(Br)c(CN(C)C(=O)c2ccn(COc3ccccc3[N+](=O)[O-])n2)n1. The fraction of sp³-hybridized carbons (Fsp3) is 0.278. The molecule has 152 valence electrons. The van der Waals surface area contributed by atoms with Crippen LogP contribution < -0.4 is 4.74 Å². The van der Waals surface area contributed by atoms with E-state index in [2.05, 4.69) is 26.1 Å². The number of ether oxygens (including phenoxy) is 1. The topological polar surface area (TPSA) is 108 Å². The summed E-state index contributed by atoms with van der Waals surface area (Å²) in [5, 5.41) is 19.6. The number of rotatable bonds is 8. The molecule has 0 unspecified atom stereocenters. The Bertz CT molecular complexity index is 1030. The molecule has 0 saturated heterocycles. The second-order valence-corrected chi connectivity index (χ2v) is 7.03. The van der Waals surface area contributed by atoms with Crippen LogP contribution in [0.2, 0.25) is 0 Å². The molecule has 1 amide bonds. The van der Waals surface area contributed by atoms with Gasteiger partial charge in [0.2, 0.25) is 0 Å². The van der Waals surface area contributed by atoms with Gasteiger partial charge in [-0.1, -0.05) is 12.1 Å². The molecule has 3 aromatic rings. The molecule has 0 bridgehead atoms. The average molecular weight is 463 g/mol. The van der Waals surface area contributed by atoms with Crippen molar-refractivity contribution in [1.82, 2.24) is 24.5 Å². The lowest BCUT2D eigenvalue weighted by atomic mass is 10.3. The number of halogens is 1. The first kappa shape index (κ1) is 20.5. The summed E-state index contributed by atoms with van der Waals surface area (Å²) in [6.45, 7) is 2.98. The number of carbonyl (C=O) groups is 1. The Morgan fingerprint density at radius 3 is 2.72 bits per heavy atom. The number of nitro benzene ring substituents is 1. The summed E-state index contributed by atoms with van der Waals surface area (Å²) >= 11 is 3.45. The summed E-state index contributed by atoms with van der Waals surface area (Å²) in [6.07, 6.45) is 3.44. The van der Waals surface area contributed by atoms with E-state index in [1.54, 1.807) is 36.1 Å². The standard InChI is InChI=1S/C18H19BrN6O4/c1-3-23-10-13(19)15(21-23)11-22(2)18(26)14-8-9-24(20-14)12-29-17-7-5-4-6-16(17)25(27)28/h4-10H,3,11-12H2,1-2H3. The molecule has 0 aliphatic carbocycles. The van der Waals surface area contributed by atoms with Crippen molar-refractivity contribution in [3.8, 4) is 5.75 Å². The predicted octanol–water partition coefficient (Wildman–Crippen LogP) is 3.08. The third-order valence-electron chi connectivity index (χ3n) is 4.12. The quantitative estimate of drug-likeness (QED) is 0.375. The van der Waals surface area contributed by atoms with E-state index >= 15 is 0 Å². The van der Waals surface area contributed by atoms with Crippen LogP contribution in [0.25, 0.3) is 0 Å². The summed E-state index contributed by atoms with van der Waals surface area (Å²) in [7, 11) is 1.67. The Labute approximate surface area is 175 Å². The summed E-state index contributed by atoms with van der Waals surface area (Å²) in [6, 6.07) is 7.65. The van der Waals surface area contributed by atoms with Crippen molar-refractivity contribution in [3.63, 3.8) is 0 Å². The van der Waals surface area contributed by atoms with Crippen LogP contribution in [-0.2, 0) is 19.8 Å². The molecular weight excluding hydrogens is 444 g/mol. The Hall–Kier alpha value is -3.21. The molecule has 0 N–H and O–H groups in total. The van der Waals surface area contributed by atoms with Crippen LogP contribution in [0.4, 0.5) is 5.69 Å². The van der Waals surface area contributed by atoms with Gasteiger partial charge in [-0.25, -0.2) is 4.68 Å². The Balaban J connectivity index is 1.64. The molecule has 29 heavy (non-hydrogen) atoms. The van der Waals surface area contributed by atoms with Gasteiger partial charge in [-0.05, 0) is 35.0 Å². The highest BCUT2D eigenvalue weighted by atomic mass is 79.9. The lowest BCUT2D eigenvalue weighted by molar-refractivity contribution is -0.386. The summed E-state index contributed by atoms with van der Waals surface area (Å²) < 4.78 is 9.50. The number of nitrogens with zero attached hydrogens (tertiary/aromatic N) is 6. The molecule has 0 spiro atoms.